The summed E-state index contributed by atoms with van der Waals surface area (Å²) in [5, 5.41) is 21.8. The fraction of sp³-hybridized carbons (Fsp3) is 0.588. The summed E-state index contributed by atoms with van der Waals surface area (Å²) in [6.07, 6.45) is 3.64. The lowest BCUT2D eigenvalue weighted by atomic mass is 9.89. The lowest BCUT2D eigenvalue weighted by Gasteiger charge is -2.20. The average Bonchev–Trinajstić information content (AvgIpc) is 2.91. The maximum atomic E-state index is 12.3. The summed E-state index contributed by atoms with van der Waals surface area (Å²) in [5.41, 5.74) is -0.347. The number of rotatable bonds is 4. The molecule has 2 fully saturated rings. The standard InChI is InChI=1S/C17H23N3O5/c1-10-14(22)12(9-21)25-16(10)20-8-7-13(19-17(20)24)18-15(23)11-5-3-2-4-6-11/h7-8,11-12,14,16,21-22H,1-6,9H2,(H,18,19,23,24)/t12-,14+,16-/m1/s1. The Morgan fingerprint density at radius 3 is 2.72 bits per heavy atom. The van der Waals surface area contributed by atoms with Gasteiger partial charge in [0.1, 0.15) is 18.0 Å². The summed E-state index contributed by atoms with van der Waals surface area (Å²) in [7, 11) is 0. The lowest BCUT2D eigenvalue weighted by Crippen LogP contribution is -2.30. The second kappa shape index (κ2) is 7.47. The topological polar surface area (TPSA) is 114 Å². The first-order chi connectivity index (χ1) is 12.0. The van der Waals surface area contributed by atoms with Crippen LogP contribution in [0.2, 0.25) is 0 Å². The second-order valence-electron chi connectivity index (χ2n) is 6.56. The summed E-state index contributed by atoms with van der Waals surface area (Å²) in [5.74, 6) is 0.0534. The third-order valence-electron chi connectivity index (χ3n) is 4.84. The van der Waals surface area contributed by atoms with Crippen molar-refractivity contribution in [3.63, 3.8) is 0 Å². The Morgan fingerprint density at radius 2 is 2.12 bits per heavy atom. The van der Waals surface area contributed by atoms with Crippen molar-refractivity contribution >= 4 is 11.7 Å². The molecule has 1 amide bonds. The highest BCUT2D eigenvalue weighted by Gasteiger charge is 2.38. The van der Waals surface area contributed by atoms with Crippen LogP contribution in [-0.2, 0) is 9.53 Å². The highest BCUT2D eigenvalue weighted by Crippen LogP contribution is 2.32. The number of amides is 1. The molecule has 1 saturated heterocycles. The zero-order chi connectivity index (χ0) is 18.0. The molecule has 25 heavy (non-hydrogen) atoms. The number of nitrogens with one attached hydrogen (secondary N) is 1. The first kappa shape index (κ1) is 17.8. The van der Waals surface area contributed by atoms with Gasteiger partial charge in [-0.05, 0) is 18.9 Å². The molecule has 0 radical (unpaired) electrons. The van der Waals surface area contributed by atoms with E-state index < -0.39 is 24.1 Å². The number of carbonyl (C=O) groups is 1. The van der Waals surface area contributed by atoms with Crippen molar-refractivity contribution < 1.29 is 19.7 Å². The van der Waals surface area contributed by atoms with Crippen LogP contribution >= 0.6 is 0 Å². The molecule has 0 bridgehead atoms. The summed E-state index contributed by atoms with van der Waals surface area (Å²) in [6.45, 7) is 3.34. The molecule has 2 aliphatic rings. The molecule has 1 saturated carbocycles. The molecular formula is C17H23N3O5. The van der Waals surface area contributed by atoms with Crippen LogP contribution in [0.15, 0.2) is 29.2 Å². The molecule has 0 aromatic carbocycles. The highest BCUT2D eigenvalue weighted by molar-refractivity contribution is 5.91. The van der Waals surface area contributed by atoms with Crippen LogP contribution in [0, 0.1) is 5.92 Å². The Bertz CT molecular complexity index is 710. The molecule has 0 spiro atoms. The van der Waals surface area contributed by atoms with E-state index in [4.69, 9.17) is 4.74 Å². The quantitative estimate of drug-likeness (QED) is 0.685. The number of ether oxygens (including phenoxy) is 1. The number of aromatic nitrogens is 2. The van der Waals surface area contributed by atoms with Crippen LogP contribution in [0.25, 0.3) is 0 Å². The fourth-order valence-electron chi connectivity index (χ4n) is 3.35. The van der Waals surface area contributed by atoms with Crippen molar-refractivity contribution in [3.05, 3.63) is 34.9 Å². The maximum Gasteiger partial charge on any atom is 0.351 e. The number of hydrogen-bond acceptors (Lipinski definition) is 6. The van der Waals surface area contributed by atoms with Gasteiger partial charge < -0.3 is 20.3 Å². The van der Waals surface area contributed by atoms with E-state index in [2.05, 4.69) is 16.9 Å². The number of carbonyl (C=O) groups excluding carboxylic acids is 1. The zero-order valence-electron chi connectivity index (χ0n) is 13.9. The smallest absolute Gasteiger partial charge is 0.351 e. The minimum absolute atomic E-state index is 0.0311. The van der Waals surface area contributed by atoms with Gasteiger partial charge in [-0.3, -0.25) is 9.36 Å². The molecule has 1 aliphatic heterocycles. The first-order valence-corrected chi connectivity index (χ1v) is 8.54. The van der Waals surface area contributed by atoms with E-state index in [0.29, 0.717) is 0 Å². The third kappa shape index (κ3) is 3.65. The van der Waals surface area contributed by atoms with Crippen molar-refractivity contribution in [2.24, 2.45) is 5.92 Å². The lowest BCUT2D eigenvalue weighted by molar-refractivity contribution is -0.120. The first-order valence-electron chi connectivity index (χ1n) is 8.54. The van der Waals surface area contributed by atoms with Crippen molar-refractivity contribution in [2.45, 2.75) is 50.5 Å². The largest absolute Gasteiger partial charge is 0.394 e. The van der Waals surface area contributed by atoms with Gasteiger partial charge >= 0.3 is 5.69 Å². The van der Waals surface area contributed by atoms with Gasteiger partial charge in [-0.2, -0.15) is 4.98 Å². The number of aliphatic hydroxyl groups excluding tert-OH is 2. The summed E-state index contributed by atoms with van der Waals surface area (Å²) >= 11 is 0. The number of hydrogen-bond donors (Lipinski definition) is 3. The van der Waals surface area contributed by atoms with Gasteiger partial charge in [-0.1, -0.05) is 25.8 Å². The predicted octanol–water partition coefficient (Wildman–Crippen LogP) is 0.569. The summed E-state index contributed by atoms with van der Waals surface area (Å²) in [6, 6.07) is 1.51. The molecule has 1 aromatic rings. The van der Waals surface area contributed by atoms with Gasteiger partial charge in [0.05, 0.1) is 6.61 Å². The molecule has 8 heteroatoms. The number of anilines is 1. The average molecular weight is 349 g/mol. The van der Waals surface area contributed by atoms with Crippen molar-refractivity contribution in [1.82, 2.24) is 9.55 Å². The molecule has 1 aromatic heterocycles. The summed E-state index contributed by atoms with van der Waals surface area (Å²) in [4.78, 5) is 28.4. The zero-order valence-corrected chi connectivity index (χ0v) is 13.9. The SMILES string of the molecule is C=C1[C@H](n2ccc(NC(=O)C3CCCCC3)nc2=O)O[C@H](CO)[C@H]1O. The Morgan fingerprint density at radius 1 is 1.40 bits per heavy atom. The van der Waals surface area contributed by atoms with Crippen molar-refractivity contribution in [1.29, 1.82) is 0 Å². The van der Waals surface area contributed by atoms with Crippen molar-refractivity contribution in [2.75, 3.05) is 11.9 Å². The van der Waals surface area contributed by atoms with Crippen LogP contribution in [0.4, 0.5) is 5.82 Å². The monoisotopic (exact) mass is 349 g/mol. The minimum Gasteiger partial charge on any atom is -0.394 e. The molecule has 1 aliphatic carbocycles. The van der Waals surface area contributed by atoms with E-state index >= 15 is 0 Å². The molecular weight excluding hydrogens is 326 g/mol. The van der Waals surface area contributed by atoms with Gasteiger partial charge in [-0.15, -0.1) is 0 Å². The van der Waals surface area contributed by atoms with Crippen molar-refractivity contribution in [3.8, 4) is 0 Å². The number of aliphatic hydroxyl groups is 2. The van der Waals surface area contributed by atoms with E-state index in [1.807, 2.05) is 0 Å². The highest BCUT2D eigenvalue weighted by atomic mass is 16.5. The van der Waals surface area contributed by atoms with Crippen LogP contribution in [-0.4, -0.2) is 44.5 Å². The predicted molar refractivity (Wildman–Crippen MR) is 89.8 cm³/mol. The Labute approximate surface area is 145 Å². The van der Waals surface area contributed by atoms with E-state index in [-0.39, 0.29) is 29.8 Å². The summed E-state index contributed by atoms with van der Waals surface area (Å²) < 4.78 is 6.63. The molecule has 8 nitrogen and oxygen atoms in total. The number of nitrogens with zero attached hydrogens (tertiary/aromatic N) is 2. The van der Waals surface area contributed by atoms with Gasteiger partial charge in [0.2, 0.25) is 5.91 Å². The van der Waals surface area contributed by atoms with E-state index in [1.54, 1.807) is 0 Å². The normalized spacial score (nSPS) is 27.4. The van der Waals surface area contributed by atoms with E-state index in [0.717, 1.165) is 32.1 Å². The Kier molecular flexibility index (Phi) is 5.31. The van der Waals surface area contributed by atoms with Crippen LogP contribution in [0.5, 0.6) is 0 Å². The Hall–Kier alpha value is -2.03. The maximum absolute atomic E-state index is 12.3. The third-order valence-corrected chi connectivity index (χ3v) is 4.84. The van der Waals surface area contributed by atoms with Gasteiger partial charge in [0.25, 0.3) is 0 Å². The Balaban J connectivity index is 1.72. The fourth-order valence-corrected chi connectivity index (χ4v) is 3.35. The molecule has 3 N–H and O–H groups in total. The molecule has 2 heterocycles. The molecule has 136 valence electrons. The molecule has 0 unspecified atom stereocenters. The van der Waals surface area contributed by atoms with Gasteiger partial charge in [0, 0.05) is 17.7 Å². The molecule has 3 atom stereocenters. The van der Waals surface area contributed by atoms with Crippen LogP contribution in [0.3, 0.4) is 0 Å². The minimum atomic E-state index is -1.05. The van der Waals surface area contributed by atoms with Gasteiger partial charge in [0.15, 0.2) is 6.23 Å². The van der Waals surface area contributed by atoms with E-state index in [1.165, 1.54) is 16.8 Å². The van der Waals surface area contributed by atoms with Crippen LogP contribution < -0.4 is 11.0 Å². The second-order valence-corrected chi connectivity index (χ2v) is 6.56. The van der Waals surface area contributed by atoms with Crippen LogP contribution in [0.1, 0.15) is 38.3 Å². The van der Waals surface area contributed by atoms with Gasteiger partial charge in [-0.25, -0.2) is 4.79 Å². The van der Waals surface area contributed by atoms with E-state index in [9.17, 15) is 19.8 Å². The molecule has 3 rings (SSSR count).